The number of fused-ring (bicyclic) bond motifs is 1. The number of aromatic nitrogens is 1. The van der Waals surface area contributed by atoms with Crippen LogP contribution in [0.3, 0.4) is 0 Å². The number of benzene rings is 1. The summed E-state index contributed by atoms with van der Waals surface area (Å²) in [6, 6.07) is 9.53. The summed E-state index contributed by atoms with van der Waals surface area (Å²) in [5.74, 6) is -0.916. The standard InChI is InChI=1S/C17H14N4O4/c1-9-7-13-15(17(22)20(9)2)14(11(8-18)16(19)25-13)10-5-3-4-6-12(10)21(23)24/h3-7,14H,19H2,1-2H3/t14-/m1/s1. The molecule has 0 saturated carbocycles. The number of nitro groups is 1. The van der Waals surface area contributed by atoms with E-state index in [1.165, 1.54) is 22.8 Å². The molecule has 0 fully saturated rings. The van der Waals surface area contributed by atoms with Gasteiger partial charge in [0.1, 0.15) is 17.4 Å². The minimum Gasteiger partial charge on any atom is -0.440 e. The molecule has 25 heavy (non-hydrogen) atoms. The van der Waals surface area contributed by atoms with Crippen LogP contribution in [0.4, 0.5) is 5.69 Å². The molecule has 2 heterocycles. The predicted octanol–water partition coefficient (Wildman–Crippen LogP) is 1.82. The van der Waals surface area contributed by atoms with Gasteiger partial charge in [0, 0.05) is 30.4 Å². The highest BCUT2D eigenvalue weighted by atomic mass is 16.6. The van der Waals surface area contributed by atoms with Crippen LogP contribution in [0.1, 0.15) is 22.7 Å². The lowest BCUT2D eigenvalue weighted by atomic mass is 9.83. The number of rotatable bonds is 2. The molecule has 0 amide bonds. The molecule has 8 heteroatoms. The Labute approximate surface area is 142 Å². The average molecular weight is 338 g/mol. The lowest BCUT2D eigenvalue weighted by Crippen LogP contribution is -2.31. The SMILES string of the molecule is Cc1cc2c(c(=O)n1C)[C@H](c1ccccc1[N+](=O)[O-])C(C#N)=C(N)O2. The van der Waals surface area contributed by atoms with Gasteiger partial charge in [-0.3, -0.25) is 14.9 Å². The Balaban J connectivity index is 2.41. The summed E-state index contributed by atoms with van der Waals surface area (Å²) < 4.78 is 6.86. The van der Waals surface area contributed by atoms with E-state index in [9.17, 15) is 20.2 Å². The van der Waals surface area contributed by atoms with Crippen molar-refractivity contribution in [2.75, 3.05) is 0 Å². The number of nitriles is 1. The highest BCUT2D eigenvalue weighted by molar-refractivity contribution is 5.59. The van der Waals surface area contributed by atoms with E-state index in [4.69, 9.17) is 10.5 Å². The third-order valence-corrected chi connectivity index (χ3v) is 4.30. The van der Waals surface area contributed by atoms with E-state index in [1.807, 2.05) is 6.07 Å². The van der Waals surface area contributed by atoms with Crippen molar-refractivity contribution in [3.63, 3.8) is 0 Å². The Morgan fingerprint density at radius 2 is 2.08 bits per heavy atom. The van der Waals surface area contributed by atoms with Gasteiger partial charge in [-0.05, 0) is 6.92 Å². The van der Waals surface area contributed by atoms with Gasteiger partial charge in [0.25, 0.3) is 11.2 Å². The molecule has 126 valence electrons. The zero-order valence-corrected chi connectivity index (χ0v) is 13.5. The lowest BCUT2D eigenvalue weighted by molar-refractivity contribution is -0.385. The minimum atomic E-state index is -0.963. The highest BCUT2D eigenvalue weighted by Crippen LogP contribution is 2.43. The summed E-state index contributed by atoms with van der Waals surface area (Å²) in [5, 5.41) is 20.9. The van der Waals surface area contributed by atoms with Crippen LogP contribution >= 0.6 is 0 Å². The van der Waals surface area contributed by atoms with Gasteiger partial charge >= 0.3 is 0 Å². The maximum absolute atomic E-state index is 12.8. The first-order chi connectivity index (χ1) is 11.9. The van der Waals surface area contributed by atoms with E-state index >= 15 is 0 Å². The van der Waals surface area contributed by atoms with Gasteiger partial charge in [0.15, 0.2) is 0 Å². The van der Waals surface area contributed by atoms with Gasteiger partial charge in [0.2, 0.25) is 5.88 Å². The van der Waals surface area contributed by atoms with Crippen molar-refractivity contribution in [1.29, 1.82) is 5.26 Å². The predicted molar refractivity (Wildman–Crippen MR) is 88.8 cm³/mol. The maximum atomic E-state index is 12.8. The van der Waals surface area contributed by atoms with E-state index in [0.717, 1.165) is 0 Å². The average Bonchev–Trinajstić information content (AvgIpc) is 2.58. The van der Waals surface area contributed by atoms with Gasteiger partial charge in [0.05, 0.1) is 16.4 Å². The van der Waals surface area contributed by atoms with Crippen molar-refractivity contribution in [2.24, 2.45) is 12.8 Å². The number of aryl methyl sites for hydroxylation is 1. The van der Waals surface area contributed by atoms with E-state index in [1.54, 1.807) is 26.1 Å². The Kier molecular flexibility index (Phi) is 3.77. The summed E-state index contributed by atoms with van der Waals surface area (Å²) in [5.41, 5.74) is 6.26. The first-order valence-corrected chi connectivity index (χ1v) is 7.38. The molecule has 2 N–H and O–H groups in total. The second-order valence-corrected chi connectivity index (χ2v) is 5.67. The third kappa shape index (κ3) is 2.42. The Bertz CT molecular complexity index is 1030. The van der Waals surface area contributed by atoms with E-state index < -0.39 is 16.4 Å². The van der Waals surface area contributed by atoms with Crippen LogP contribution in [0.25, 0.3) is 0 Å². The quantitative estimate of drug-likeness (QED) is 0.658. The molecule has 0 aliphatic carbocycles. The van der Waals surface area contributed by atoms with Gasteiger partial charge in [-0.1, -0.05) is 18.2 Å². The molecule has 2 aromatic rings. The molecule has 1 atom stereocenters. The van der Waals surface area contributed by atoms with Gasteiger partial charge in [-0.2, -0.15) is 5.26 Å². The topological polar surface area (TPSA) is 124 Å². The number of para-hydroxylation sites is 1. The van der Waals surface area contributed by atoms with Crippen molar-refractivity contribution in [3.8, 4) is 11.8 Å². The molecule has 0 bridgehead atoms. The molecule has 1 aromatic heterocycles. The van der Waals surface area contributed by atoms with Crippen LogP contribution in [0.5, 0.6) is 5.75 Å². The molecule has 0 spiro atoms. The summed E-state index contributed by atoms with van der Waals surface area (Å²) in [6.45, 7) is 1.73. The van der Waals surface area contributed by atoms with Crippen molar-refractivity contribution in [1.82, 2.24) is 4.57 Å². The molecular formula is C17H14N4O4. The van der Waals surface area contributed by atoms with Crippen LogP contribution in [-0.2, 0) is 7.05 Å². The van der Waals surface area contributed by atoms with Crippen molar-refractivity contribution in [3.05, 3.63) is 79.1 Å². The fraction of sp³-hybridized carbons (Fsp3) is 0.176. The Morgan fingerprint density at radius 1 is 1.40 bits per heavy atom. The van der Waals surface area contributed by atoms with Crippen molar-refractivity contribution >= 4 is 5.69 Å². The summed E-state index contributed by atoms with van der Waals surface area (Å²) in [6.07, 6.45) is 0. The van der Waals surface area contributed by atoms with Crippen molar-refractivity contribution < 1.29 is 9.66 Å². The molecule has 0 unspecified atom stereocenters. The highest BCUT2D eigenvalue weighted by Gasteiger charge is 2.37. The molecule has 1 aromatic carbocycles. The number of ether oxygens (including phenoxy) is 1. The summed E-state index contributed by atoms with van der Waals surface area (Å²) in [7, 11) is 1.59. The first-order valence-electron chi connectivity index (χ1n) is 7.38. The van der Waals surface area contributed by atoms with Crippen LogP contribution in [-0.4, -0.2) is 9.49 Å². The van der Waals surface area contributed by atoms with Gasteiger partial charge in [-0.15, -0.1) is 0 Å². The molecule has 0 radical (unpaired) electrons. The smallest absolute Gasteiger partial charge is 0.273 e. The van der Waals surface area contributed by atoms with Crippen LogP contribution in [0.15, 0.2) is 46.6 Å². The number of nitrogens with two attached hydrogens (primary N) is 1. The van der Waals surface area contributed by atoms with Gasteiger partial charge in [-0.25, -0.2) is 0 Å². The number of allylic oxidation sites excluding steroid dienone is 1. The molecular weight excluding hydrogens is 324 g/mol. The number of hydrogen-bond donors (Lipinski definition) is 1. The molecule has 1 aliphatic rings. The first kappa shape index (κ1) is 16.3. The zero-order chi connectivity index (χ0) is 18.3. The van der Waals surface area contributed by atoms with E-state index in [0.29, 0.717) is 5.69 Å². The zero-order valence-electron chi connectivity index (χ0n) is 13.5. The number of pyridine rings is 1. The van der Waals surface area contributed by atoms with Crippen LogP contribution in [0, 0.1) is 28.4 Å². The largest absolute Gasteiger partial charge is 0.440 e. The van der Waals surface area contributed by atoms with Gasteiger partial charge < -0.3 is 15.0 Å². The van der Waals surface area contributed by atoms with E-state index in [-0.39, 0.29) is 34.0 Å². The second kappa shape index (κ2) is 5.79. The number of nitro benzene ring substituents is 1. The second-order valence-electron chi connectivity index (χ2n) is 5.67. The number of hydrogen-bond acceptors (Lipinski definition) is 6. The fourth-order valence-corrected chi connectivity index (χ4v) is 2.95. The monoisotopic (exact) mass is 338 g/mol. The maximum Gasteiger partial charge on any atom is 0.273 e. The molecule has 3 rings (SSSR count). The van der Waals surface area contributed by atoms with Crippen LogP contribution < -0.4 is 16.0 Å². The third-order valence-electron chi connectivity index (χ3n) is 4.30. The normalized spacial score (nSPS) is 16.0. The van der Waals surface area contributed by atoms with E-state index in [2.05, 4.69) is 0 Å². The molecule has 0 saturated heterocycles. The van der Waals surface area contributed by atoms with Crippen molar-refractivity contribution in [2.45, 2.75) is 12.8 Å². The number of nitrogens with zero attached hydrogens (tertiary/aromatic N) is 3. The van der Waals surface area contributed by atoms with Crippen LogP contribution in [0.2, 0.25) is 0 Å². The molecule has 1 aliphatic heterocycles. The summed E-state index contributed by atoms with van der Waals surface area (Å²) >= 11 is 0. The lowest BCUT2D eigenvalue weighted by Gasteiger charge is -2.26. The fourth-order valence-electron chi connectivity index (χ4n) is 2.95. The Morgan fingerprint density at radius 3 is 2.72 bits per heavy atom. The minimum absolute atomic E-state index is 0.0252. The Hall–Kier alpha value is -3.60. The summed E-state index contributed by atoms with van der Waals surface area (Å²) in [4.78, 5) is 23.7. The molecule has 8 nitrogen and oxygen atoms in total.